The van der Waals surface area contributed by atoms with Crippen LogP contribution in [-0.4, -0.2) is 55.9 Å². The first kappa shape index (κ1) is 21.2. The van der Waals surface area contributed by atoms with Crippen LogP contribution in [-0.2, 0) is 19.1 Å². The highest BCUT2D eigenvalue weighted by atomic mass is 16.5. The molecule has 0 heterocycles. The molecule has 0 saturated carbocycles. The number of methoxy groups -OCH3 is 1. The van der Waals surface area contributed by atoms with Crippen molar-refractivity contribution in [3.05, 3.63) is 24.3 Å². The Morgan fingerprint density at radius 1 is 1.15 bits per heavy atom. The molecule has 0 fully saturated rings. The Labute approximate surface area is 152 Å². The number of amides is 2. The minimum Gasteiger partial charge on any atom is -0.494 e. The fraction of sp³-hybridized carbons (Fsp3) is 0.471. The maximum absolute atomic E-state index is 12.1. The normalized spacial score (nSPS) is 11.3. The van der Waals surface area contributed by atoms with E-state index in [-0.39, 0.29) is 18.2 Å². The van der Waals surface area contributed by atoms with E-state index in [0.29, 0.717) is 37.6 Å². The highest BCUT2D eigenvalue weighted by Gasteiger charge is 2.18. The number of hydrogen-bond donors (Lipinski definition) is 4. The number of anilines is 1. The SMILES string of the molecule is COCCNC(=O)C(NC(C)=O)Nc1ccc(OCCCC(=O)O)cc1. The Kier molecular flexibility index (Phi) is 9.55. The van der Waals surface area contributed by atoms with E-state index in [1.54, 1.807) is 24.3 Å². The largest absolute Gasteiger partial charge is 0.494 e. The molecule has 26 heavy (non-hydrogen) atoms. The van der Waals surface area contributed by atoms with Gasteiger partial charge in [-0.3, -0.25) is 14.4 Å². The van der Waals surface area contributed by atoms with Gasteiger partial charge in [-0.05, 0) is 30.7 Å². The zero-order valence-electron chi connectivity index (χ0n) is 14.9. The third kappa shape index (κ3) is 8.88. The van der Waals surface area contributed by atoms with Gasteiger partial charge in [0.2, 0.25) is 5.91 Å². The van der Waals surface area contributed by atoms with Crippen LogP contribution in [0.5, 0.6) is 5.75 Å². The van der Waals surface area contributed by atoms with Gasteiger partial charge in [0.25, 0.3) is 5.91 Å². The van der Waals surface area contributed by atoms with Crippen molar-refractivity contribution in [2.45, 2.75) is 25.9 Å². The van der Waals surface area contributed by atoms with Gasteiger partial charge in [-0.25, -0.2) is 0 Å². The monoisotopic (exact) mass is 367 g/mol. The summed E-state index contributed by atoms with van der Waals surface area (Å²) in [5.41, 5.74) is 0.614. The predicted octanol–water partition coefficient (Wildman–Crippen LogP) is 0.567. The van der Waals surface area contributed by atoms with Crippen LogP contribution in [0.4, 0.5) is 5.69 Å². The van der Waals surface area contributed by atoms with Crippen LogP contribution in [0, 0.1) is 0 Å². The van der Waals surface area contributed by atoms with E-state index >= 15 is 0 Å². The molecule has 2 amide bonds. The third-order valence-electron chi connectivity index (χ3n) is 3.18. The maximum atomic E-state index is 12.1. The van der Waals surface area contributed by atoms with Gasteiger partial charge in [-0.15, -0.1) is 0 Å². The Balaban J connectivity index is 2.57. The molecular formula is C17H25N3O6. The van der Waals surface area contributed by atoms with Gasteiger partial charge in [-0.1, -0.05) is 0 Å². The van der Waals surface area contributed by atoms with Crippen molar-refractivity contribution in [1.29, 1.82) is 0 Å². The lowest BCUT2D eigenvalue weighted by Crippen LogP contribution is -2.51. The predicted molar refractivity (Wildman–Crippen MR) is 94.9 cm³/mol. The van der Waals surface area contributed by atoms with Crippen LogP contribution in [0.2, 0.25) is 0 Å². The standard InChI is InChI=1S/C17H25N3O6/c1-12(21)19-16(17(24)18-9-11-25-2)20-13-5-7-14(8-6-13)26-10-3-4-15(22)23/h5-8,16,20H,3-4,9-11H2,1-2H3,(H,18,24)(H,19,21)(H,22,23). The van der Waals surface area contributed by atoms with Gasteiger partial charge in [0.05, 0.1) is 13.2 Å². The first-order chi connectivity index (χ1) is 12.4. The van der Waals surface area contributed by atoms with Crippen molar-refractivity contribution in [1.82, 2.24) is 10.6 Å². The highest BCUT2D eigenvalue weighted by molar-refractivity contribution is 5.88. The molecule has 0 aliphatic heterocycles. The minimum absolute atomic E-state index is 0.0518. The molecule has 0 aliphatic carbocycles. The summed E-state index contributed by atoms with van der Waals surface area (Å²) in [5.74, 6) is -1.00. The topological polar surface area (TPSA) is 126 Å². The molecule has 0 bridgehead atoms. The van der Waals surface area contributed by atoms with Gasteiger partial charge < -0.3 is 30.5 Å². The van der Waals surface area contributed by atoms with E-state index in [9.17, 15) is 14.4 Å². The quantitative estimate of drug-likeness (QED) is 0.314. The Morgan fingerprint density at radius 2 is 1.85 bits per heavy atom. The zero-order valence-corrected chi connectivity index (χ0v) is 14.9. The second-order valence-corrected chi connectivity index (χ2v) is 5.43. The molecule has 9 heteroatoms. The summed E-state index contributed by atoms with van der Waals surface area (Å²) in [5, 5.41) is 16.7. The van der Waals surface area contributed by atoms with Crippen LogP contribution >= 0.6 is 0 Å². The number of ether oxygens (including phenoxy) is 2. The van der Waals surface area contributed by atoms with Crippen LogP contribution in [0.25, 0.3) is 0 Å². The van der Waals surface area contributed by atoms with Crippen molar-refractivity contribution in [2.24, 2.45) is 0 Å². The smallest absolute Gasteiger partial charge is 0.303 e. The number of hydrogen-bond acceptors (Lipinski definition) is 6. The Morgan fingerprint density at radius 3 is 2.42 bits per heavy atom. The zero-order chi connectivity index (χ0) is 19.4. The molecule has 1 unspecified atom stereocenters. The van der Waals surface area contributed by atoms with Gasteiger partial charge in [0.1, 0.15) is 5.75 Å². The molecule has 1 aromatic carbocycles. The van der Waals surface area contributed by atoms with E-state index in [4.69, 9.17) is 14.6 Å². The number of aliphatic carboxylic acids is 1. The lowest BCUT2D eigenvalue weighted by Gasteiger charge is -2.20. The van der Waals surface area contributed by atoms with E-state index in [2.05, 4.69) is 16.0 Å². The van der Waals surface area contributed by atoms with Crippen molar-refractivity contribution >= 4 is 23.5 Å². The average molecular weight is 367 g/mol. The lowest BCUT2D eigenvalue weighted by atomic mass is 10.2. The average Bonchev–Trinajstić information content (AvgIpc) is 2.59. The second-order valence-electron chi connectivity index (χ2n) is 5.43. The summed E-state index contributed by atoms with van der Waals surface area (Å²) >= 11 is 0. The number of carbonyl (C=O) groups excluding carboxylic acids is 2. The molecule has 144 valence electrons. The summed E-state index contributed by atoms with van der Waals surface area (Å²) in [7, 11) is 1.53. The molecule has 4 N–H and O–H groups in total. The highest BCUT2D eigenvalue weighted by Crippen LogP contribution is 2.16. The summed E-state index contributed by atoms with van der Waals surface area (Å²) in [6.07, 6.45) is -0.454. The summed E-state index contributed by atoms with van der Waals surface area (Å²) in [6.45, 7) is 2.32. The molecule has 0 radical (unpaired) electrons. The number of nitrogens with one attached hydrogen (secondary N) is 3. The fourth-order valence-corrected chi connectivity index (χ4v) is 1.98. The maximum Gasteiger partial charge on any atom is 0.303 e. The molecule has 0 aromatic heterocycles. The van der Waals surface area contributed by atoms with Crippen LogP contribution in [0.15, 0.2) is 24.3 Å². The van der Waals surface area contributed by atoms with Crippen molar-refractivity contribution in [3.63, 3.8) is 0 Å². The van der Waals surface area contributed by atoms with Crippen molar-refractivity contribution in [2.75, 3.05) is 32.2 Å². The van der Waals surface area contributed by atoms with Gasteiger partial charge in [0.15, 0.2) is 6.17 Å². The number of carboxylic acid groups (broad SMARTS) is 1. The first-order valence-electron chi connectivity index (χ1n) is 8.17. The van der Waals surface area contributed by atoms with E-state index in [1.165, 1.54) is 14.0 Å². The molecule has 0 spiro atoms. The molecule has 0 aliphatic rings. The van der Waals surface area contributed by atoms with Crippen LogP contribution in [0.3, 0.4) is 0 Å². The van der Waals surface area contributed by atoms with Gasteiger partial charge in [0, 0.05) is 32.7 Å². The third-order valence-corrected chi connectivity index (χ3v) is 3.18. The van der Waals surface area contributed by atoms with E-state index in [1.807, 2.05) is 0 Å². The second kappa shape index (κ2) is 11.7. The Bertz CT molecular complexity index is 591. The molecule has 0 saturated heterocycles. The van der Waals surface area contributed by atoms with Crippen LogP contribution in [0.1, 0.15) is 19.8 Å². The summed E-state index contributed by atoms with van der Waals surface area (Å²) in [4.78, 5) is 33.9. The molecule has 9 nitrogen and oxygen atoms in total. The summed E-state index contributed by atoms with van der Waals surface area (Å²) in [6, 6.07) is 6.78. The molecule has 1 atom stereocenters. The molecular weight excluding hydrogens is 342 g/mol. The number of carboxylic acids is 1. The van der Waals surface area contributed by atoms with Crippen molar-refractivity contribution < 1.29 is 29.0 Å². The minimum atomic E-state index is -0.924. The molecule has 1 rings (SSSR count). The number of carbonyl (C=O) groups is 3. The Hall–Kier alpha value is -2.81. The fourth-order valence-electron chi connectivity index (χ4n) is 1.98. The van der Waals surface area contributed by atoms with E-state index < -0.39 is 12.1 Å². The number of benzene rings is 1. The summed E-state index contributed by atoms with van der Waals surface area (Å²) < 4.78 is 10.3. The van der Waals surface area contributed by atoms with Gasteiger partial charge >= 0.3 is 5.97 Å². The van der Waals surface area contributed by atoms with Crippen molar-refractivity contribution in [3.8, 4) is 5.75 Å². The van der Waals surface area contributed by atoms with E-state index in [0.717, 1.165) is 0 Å². The lowest BCUT2D eigenvalue weighted by molar-refractivity contribution is -0.137. The molecule has 1 aromatic rings. The first-order valence-corrected chi connectivity index (χ1v) is 8.17. The van der Waals surface area contributed by atoms with Crippen LogP contribution < -0.4 is 20.7 Å². The number of rotatable bonds is 12. The van der Waals surface area contributed by atoms with Gasteiger partial charge in [-0.2, -0.15) is 0 Å².